The van der Waals surface area contributed by atoms with E-state index in [2.05, 4.69) is 58.3 Å². The number of halogens is 1. The first-order chi connectivity index (χ1) is 8.19. The van der Waals surface area contributed by atoms with E-state index < -0.39 is 0 Å². The molecule has 0 radical (unpaired) electrons. The normalized spacial score (nSPS) is 12.6. The predicted molar refractivity (Wildman–Crippen MR) is 74.6 cm³/mol. The summed E-state index contributed by atoms with van der Waals surface area (Å²) in [6.07, 6.45) is 2.98. The third kappa shape index (κ3) is 3.19. The van der Waals surface area contributed by atoms with E-state index in [4.69, 9.17) is 0 Å². The van der Waals surface area contributed by atoms with Crippen LogP contribution in [0.5, 0.6) is 0 Å². The molecule has 17 heavy (non-hydrogen) atoms. The Bertz CT molecular complexity index is 473. The summed E-state index contributed by atoms with van der Waals surface area (Å²) < 4.78 is 1.86. The van der Waals surface area contributed by atoms with Crippen molar-refractivity contribution in [2.45, 2.75) is 19.3 Å². The largest absolute Gasteiger partial charge is 0.276 e. The highest BCUT2D eigenvalue weighted by molar-refractivity contribution is 9.09. The zero-order valence-corrected chi connectivity index (χ0v) is 11.8. The molecule has 90 valence electrons. The molecule has 3 heteroatoms. The second-order valence-electron chi connectivity index (χ2n) is 4.45. The molecule has 1 aromatic heterocycles. The molecule has 0 aliphatic carbocycles. The van der Waals surface area contributed by atoms with Crippen molar-refractivity contribution in [2.24, 2.45) is 7.05 Å². The lowest BCUT2D eigenvalue weighted by Gasteiger charge is -2.13. The number of rotatable bonds is 4. The standard InChI is InChI=1S/C14H17BrN2/c1-11-3-5-12(6-4-11)13(10-15)9-14-7-8-17(2)16-14/h3-8,13H,9-10H2,1-2H3. The van der Waals surface area contributed by atoms with Crippen LogP contribution in [0.3, 0.4) is 0 Å². The Morgan fingerprint density at radius 2 is 1.94 bits per heavy atom. The molecule has 1 unspecified atom stereocenters. The van der Waals surface area contributed by atoms with E-state index in [1.807, 2.05) is 17.9 Å². The average Bonchev–Trinajstić information content (AvgIpc) is 2.73. The maximum absolute atomic E-state index is 4.44. The Kier molecular flexibility index (Phi) is 4.00. The summed E-state index contributed by atoms with van der Waals surface area (Å²) in [5, 5.41) is 5.40. The van der Waals surface area contributed by atoms with Gasteiger partial charge in [-0.05, 0) is 30.9 Å². The molecule has 0 fully saturated rings. The zero-order valence-electron chi connectivity index (χ0n) is 10.2. The Hall–Kier alpha value is -1.09. The molecule has 1 heterocycles. The summed E-state index contributed by atoms with van der Waals surface area (Å²) in [7, 11) is 1.96. The second-order valence-corrected chi connectivity index (χ2v) is 5.09. The minimum Gasteiger partial charge on any atom is -0.276 e. The number of hydrogen-bond donors (Lipinski definition) is 0. The molecular weight excluding hydrogens is 276 g/mol. The van der Waals surface area contributed by atoms with Gasteiger partial charge in [0.2, 0.25) is 0 Å². The molecule has 0 aliphatic heterocycles. The molecule has 0 amide bonds. The molecule has 2 nitrogen and oxygen atoms in total. The van der Waals surface area contributed by atoms with E-state index in [0.717, 1.165) is 17.4 Å². The van der Waals surface area contributed by atoms with Gasteiger partial charge in [0.25, 0.3) is 0 Å². The maximum Gasteiger partial charge on any atom is 0.0630 e. The lowest BCUT2D eigenvalue weighted by Crippen LogP contribution is -2.05. The number of nitrogens with zero attached hydrogens (tertiary/aromatic N) is 2. The van der Waals surface area contributed by atoms with Crippen molar-refractivity contribution >= 4 is 15.9 Å². The first-order valence-electron chi connectivity index (χ1n) is 5.80. The minimum atomic E-state index is 0.491. The number of alkyl halides is 1. The monoisotopic (exact) mass is 292 g/mol. The van der Waals surface area contributed by atoms with Crippen molar-refractivity contribution in [1.29, 1.82) is 0 Å². The lowest BCUT2D eigenvalue weighted by atomic mass is 9.95. The molecule has 0 N–H and O–H groups in total. The van der Waals surface area contributed by atoms with Crippen molar-refractivity contribution in [3.8, 4) is 0 Å². The highest BCUT2D eigenvalue weighted by Crippen LogP contribution is 2.22. The van der Waals surface area contributed by atoms with Gasteiger partial charge in [-0.15, -0.1) is 0 Å². The van der Waals surface area contributed by atoms with Crippen molar-refractivity contribution in [1.82, 2.24) is 9.78 Å². The maximum atomic E-state index is 4.44. The molecule has 1 atom stereocenters. The molecule has 2 rings (SSSR count). The van der Waals surface area contributed by atoms with E-state index in [1.165, 1.54) is 11.1 Å². The van der Waals surface area contributed by atoms with E-state index in [0.29, 0.717) is 5.92 Å². The number of aromatic nitrogens is 2. The van der Waals surface area contributed by atoms with Crippen molar-refractivity contribution in [2.75, 3.05) is 5.33 Å². The SMILES string of the molecule is Cc1ccc(C(CBr)Cc2ccn(C)n2)cc1. The van der Waals surface area contributed by atoms with Gasteiger partial charge >= 0.3 is 0 Å². The summed E-state index contributed by atoms with van der Waals surface area (Å²) in [4.78, 5) is 0. The Balaban J connectivity index is 2.13. The molecule has 0 saturated carbocycles. The van der Waals surface area contributed by atoms with E-state index in [9.17, 15) is 0 Å². The summed E-state index contributed by atoms with van der Waals surface area (Å²) in [5.41, 5.74) is 3.83. The first-order valence-corrected chi connectivity index (χ1v) is 6.92. The van der Waals surface area contributed by atoms with Gasteiger partial charge in [0.15, 0.2) is 0 Å². The summed E-state index contributed by atoms with van der Waals surface area (Å²) >= 11 is 3.60. The van der Waals surface area contributed by atoms with Crippen molar-refractivity contribution in [3.05, 3.63) is 53.3 Å². The Morgan fingerprint density at radius 1 is 1.24 bits per heavy atom. The summed E-state index contributed by atoms with van der Waals surface area (Å²) in [6, 6.07) is 10.9. The van der Waals surface area contributed by atoms with Gasteiger partial charge in [-0.2, -0.15) is 5.10 Å². The molecule has 0 saturated heterocycles. The minimum absolute atomic E-state index is 0.491. The highest BCUT2D eigenvalue weighted by Gasteiger charge is 2.12. The summed E-state index contributed by atoms with van der Waals surface area (Å²) in [6.45, 7) is 2.12. The van der Waals surface area contributed by atoms with Crippen LogP contribution in [-0.4, -0.2) is 15.1 Å². The van der Waals surface area contributed by atoms with Gasteiger partial charge in [-0.3, -0.25) is 4.68 Å². The third-order valence-corrected chi connectivity index (χ3v) is 3.74. The second kappa shape index (κ2) is 5.50. The van der Waals surface area contributed by atoms with Crippen LogP contribution in [0.4, 0.5) is 0 Å². The molecule has 0 aliphatic rings. The van der Waals surface area contributed by atoms with E-state index in [-0.39, 0.29) is 0 Å². The van der Waals surface area contributed by atoms with Gasteiger partial charge in [-0.1, -0.05) is 45.8 Å². The molecular formula is C14H17BrN2. The van der Waals surface area contributed by atoms with Crippen LogP contribution < -0.4 is 0 Å². The van der Waals surface area contributed by atoms with Crippen molar-refractivity contribution in [3.63, 3.8) is 0 Å². The lowest BCUT2D eigenvalue weighted by molar-refractivity contribution is 0.701. The smallest absolute Gasteiger partial charge is 0.0630 e. The van der Waals surface area contributed by atoms with Crippen LogP contribution in [-0.2, 0) is 13.5 Å². The number of hydrogen-bond acceptors (Lipinski definition) is 1. The predicted octanol–water partition coefficient (Wildman–Crippen LogP) is 3.45. The van der Waals surface area contributed by atoms with Gasteiger partial charge < -0.3 is 0 Å². The van der Waals surface area contributed by atoms with Gasteiger partial charge in [-0.25, -0.2) is 0 Å². The molecule has 1 aromatic carbocycles. The van der Waals surface area contributed by atoms with E-state index in [1.54, 1.807) is 0 Å². The zero-order chi connectivity index (χ0) is 12.3. The van der Waals surface area contributed by atoms with Crippen LogP contribution in [0.2, 0.25) is 0 Å². The van der Waals surface area contributed by atoms with Crippen LogP contribution in [0.1, 0.15) is 22.7 Å². The quantitative estimate of drug-likeness (QED) is 0.789. The Labute approximate surface area is 111 Å². The van der Waals surface area contributed by atoms with Gasteiger partial charge in [0.05, 0.1) is 5.69 Å². The number of aryl methyl sites for hydroxylation is 2. The van der Waals surface area contributed by atoms with Gasteiger partial charge in [0.1, 0.15) is 0 Å². The van der Waals surface area contributed by atoms with Crippen molar-refractivity contribution < 1.29 is 0 Å². The average molecular weight is 293 g/mol. The van der Waals surface area contributed by atoms with Crippen LogP contribution in [0.25, 0.3) is 0 Å². The fraction of sp³-hybridized carbons (Fsp3) is 0.357. The fourth-order valence-electron chi connectivity index (χ4n) is 1.92. The highest BCUT2D eigenvalue weighted by atomic mass is 79.9. The topological polar surface area (TPSA) is 17.8 Å². The Morgan fingerprint density at radius 3 is 2.47 bits per heavy atom. The first kappa shape index (κ1) is 12.4. The number of benzene rings is 1. The van der Waals surface area contributed by atoms with Crippen LogP contribution >= 0.6 is 15.9 Å². The summed E-state index contributed by atoms with van der Waals surface area (Å²) in [5.74, 6) is 0.491. The molecule has 0 bridgehead atoms. The fourth-order valence-corrected chi connectivity index (χ4v) is 2.53. The van der Waals surface area contributed by atoms with Gasteiger partial charge in [0, 0.05) is 18.6 Å². The van der Waals surface area contributed by atoms with Crippen LogP contribution in [0.15, 0.2) is 36.5 Å². The third-order valence-electron chi connectivity index (χ3n) is 2.96. The molecule has 0 spiro atoms. The van der Waals surface area contributed by atoms with Crippen LogP contribution in [0, 0.1) is 6.92 Å². The molecule has 2 aromatic rings. The van der Waals surface area contributed by atoms with E-state index >= 15 is 0 Å².